The van der Waals surface area contributed by atoms with Gasteiger partial charge in [0.15, 0.2) is 0 Å². The van der Waals surface area contributed by atoms with Crippen LogP contribution in [0.1, 0.15) is 18.3 Å². The molecule has 0 aliphatic carbocycles. The molecule has 0 saturated heterocycles. The van der Waals surface area contributed by atoms with Crippen molar-refractivity contribution in [1.82, 2.24) is 14.5 Å². The third-order valence-electron chi connectivity index (χ3n) is 2.52. The van der Waals surface area contributed by atoms with Crippen LogP contribution in [0.25, 0.3) is 0 Å². The van der Waals surface area contributed by atoms with E-state index in [-0.39, 0.29) is 4.90 Å². The molecule has 1 heterocycles. The Morgan fingerprint density at radius 2 is 2.06 bits per heavy atom. The van der Waals surface area contributed by atoms with Crippen LogP contribution >= 0.6 is 0 Å². The van der Waals surface area contributed by atoms with E-state index in [1.54, 1.807) is 18.5 Å². The van der Waals surface area contributed by atoms with E-state index in [4.69, 9.17) is 0 Å². The smallest absolute Gasteiger partial charge is 0.320 e. The van der Waals surface area contributed by atoms with Gasteiger partial charge in [0.25, 0.3) is 0 Å². The van der Waals surface area contributed by atoms with Gasteiger partial charge in [0.05, 0.1) is 18.5 Å². The van der Waals surface area contributed by atoms with E-state index in [1.807, 2.05) is 6.92 Å². The van der Waals surface area contributed by atoms with Crippen molar-refractivity contribution in [3.63, 3.8) is 0 Å². The first-order valence-corrected chi connectivity index (χ1v) is 6.92. The summed E-state index contributed by atoms with van der Waals surface area (Å²) in [6, 6.07) is 0. The third kappa shape index (κ3) is 2.88. The van der Waals surface area contributed by atoms with Crippen molar-refractivity contribution in [3.8, 4) is 0 Å². The maximum Gasteiger partial charge on any atom is 0.320 e. The quantitative estimate of drug-likeness (QED) is 0.762. The van der Waals surface area contributed by atoms with E-state index in [0.717, 1.165) is 0 Å². The van der Waals surface area contributed by atoms with Crippen molar-refractivity contribution in [2.45, 2.75) is 32.2 Å². The second-order valence-electron chi connectivity index (χ2n) is 3.72. The van der Waals surface area contributed by atoms with Gasteiger partial charge in [-0.3, -0.25) is 9.48 Å². The second-order valence-corrected chi connectivity index (χ2v) is 5.42. The highest BCUT2D eigenvalue weighted by Crippen LogP contribution is 2.18. The molecule has 0 spiro atoms. The molecule has 0 aliphatic heterocycles. The molecule has 0 amide bonds. The highest BCUT2D eigenvalue weighted by Gasteiger charge is 2.24. The van der Waals surface area contributed by atoms with Gasteiger partial charge < -0.3 is 4.74 Å². The van der Waals surface area contributed by atoms with Gasteiger partial charge in [-0.2, -0.15) is 9.82 Å². The fraction of sp³-hybridized carbons (Fsp3) is 0.600. The first-order valence-electron chi connectivity index (χ1n) is 5.44. The van der Waals surface area contributed by atoms with Gasteiger partial charge >= 0.3 is 5.97 Å². The summed E-state index contributed by atoms with van der Waals surface area (Å²) in [6.45, 7) is 5.36. The number of ether oxygens (including phenoxy) is 1. The van der Waals surface area contributed by atoms with Gasteiger partial charge in [0.1, 0.15) is 11.4 Å². The first-order chi connectivity index (χ1) is 8.33. The van der Waals surface area contributed by atoms with Crippen molar-refractivity contribution in [1.29, 1.82) is 0 Å². The van der Waals surface area contributed by atoms with Gasteiger partial charge in [-0.05, 0) is 20.8 Å². The Hall–Kier alpha value is -1.41. The molecule has 1 rings (SSSR count). The predicted molar refractivity (Wildman–Crippen MR) is 64.6 cm³/mol. The predicted octanol–water partition coefficient (Wildman–Crippen LogP) is -0.0289. The Bertz CT molecular complexity index is 548. The van der Waals surface area contributed by atoms with Crippen LogP contribution in [0.15, 0.2) is 4.90 Å². The number of methoxy groups -OCH3 is 1. The van der Waals surface area contributed by atoms with Crippen LogP contribution in [-0.2, 0) is 26.1 Å². The molecule has 102 valence electrons. The minimum atomic E-state index is -3.75. The average molecular weight is 275 g/mol. The van der Waals surface area contributed by atoms with Gasteiger partial charge in [-0.15, -0.1) is 0 Å². The van der Waals surface area contributed by atoms with Gasteiger partial charge in [-0.1, -0.05) is 0 Å². The molecule has 1 aromatic rings. The fourth-order valence-electron chi connectivity index (χ4n) is 1.68. The summed E-state index contributed by atoms with van der Waals surface area (Å²) in [6.07, 6.45) is 0. The molecule has 1 aromatic heterocycles. The van der Waals surface area contributed by atoms with Crippen LogP contribution in [0.2, 0.25) is 0 Å². The topological polar surface area (TPSA) is 90.3 Å². The molecule has 0 unspecified atom stereocenters. The number of rotatable bonds is 5. The van der Waals surface area contributed by atoms with Crippen LogP contribution < -0.4 is 4.72 Å². The van der Waals surface area contributed by atoms with Crippen molar-refractivity contribution >= 4 is 16.0 Å². The van der Waals surface area contributed by atoms with Crippen LogP contribution in [0.4, 0.5) is 0 Å². The monoisotopic (exact) mass is 275 g/mol. The highest BCUT2D eigenvalue weighted by molar-refractivity contribution is 7.89. The number of aromatic nitrogens is 2. The molecule has 0 radical (unpaired) electrons. The lowest BCUT2D eigenvalue weighted by Gasteiger charge is -2.06. The normalized spacial score (nSPS) is 11.6. The Morgan fingerprint density at radius 1 is 1.44 bits per heavy atom. The third-order valence-corrected chi connectivity index (χ3v) is 4.17. The molecular formula is C10H17N3O4S. The second kappa shape index (κ2) is 5.49. The van der Waals surface area contributed by atoms with Crippen molar-refractivity contribution < 1.29 is 17.9 Å². The summed E-state index contributed by atoms with van der Waals surface area (Å²) in [5, 5.41) is 4.12. The summed E-state index contributed by atoms with van der Waals surface area (Å²) in [5.74, 6) is -0.642. The van der Waals surface area contributed by atoms with Gasteiger partial charge in [0, 0.05) is 6.54 Å². The Labute approximate surface area is 106 Å². The van der Waals surface area contributed by atoms with Crippen molar-refractivity contribution in [2.24, 2.45) is 0 Å². The number of esters is 1. The highest BCUT2D eigenvalue weighted by atomic mass is 32.2. The molecule has 0 aliphatic rings. The fourth-order valence-corrected chi connectivity index (χ4v) is 3.05. The van der Waals surface area contributed by atoms with Crippen LogP contribution in [0.5, 0.6) is 0 Å². The molecule has 0 fully saturated rings. The van der Waals surface area contributed by atoms with E-state index < -0.39 is 22.5 Å². The molecule has 0 saturated carbocycles. The van der Waals surface area contributed by atoms with Gasteiger partial charge in [-0.25, -0.2) is 8.42 Å². The number of nitrogens with one attached hydrogen (secondary N) is 1. The molecule has 1 N–H and O–H groups in total. The van der Waals surface area contributed by atoms with Crippen LogP contribution in [0, 0.1) is 13.8 Å². The number of hydrogen-bond donors (Lipinski definition) is 1. The lowest BCUT2D eigenvalue weighted by molar-refractivity contribution is -0.139. The summed E-state index contributed by atoms with van der Waals surface area (Å²) in [5.41, 5.74) is 0.957. The Kier molecular flexibility index (Phi) is 4.47. The molecule has 8 heteroatoms. The van der Waals surface area contributed by atoms with Crippen LogP contribution in [0.3, 0.4) is 0 Å². The maximum absolute atomic E-state index is 12.1. The van der Waals surface area contributed by atoms with E-state index in [2.05, 4.69) is 14.6 Å². The minimum absolute atomic E-state index is 0.119. The zero-order chi connectivity index (χ0) is 13.9. The Balaban J connectivity index is 3.05. The zero-order valence-electron chi connectivity index (χ0n) is 10.8. The lowest BCUT2D eigenvalue weighted by Crippen LogP contribution is -2.30. The van der Waals surface area contributed by atoms with Crippen LogP contribution in [-0.4, -0.2) is 37.8 Å². The van der Waals surface area contributed by atoms with Crippen molar-refractivity contribution in [2.75, 3.05) is 13.7 Å². The molecule has 0 bridgehead atoms. The first kappa shape index (κ1) is 14.7. The molecule has 0 aromatic carbocycles. The molecule has 0 atom stereocenters. The molecular weight excluding hydrogens is 258 g/mol. The number of carbonyl (C=O) groups excluding carboxylic acids is 1. The van der Waals surface area contributed by atoms with E-state index >= 15 is 0 Å². The summed E-state index contributed by atoms with van der Waals surface area (Å²) >= 11 is 0. The summed E-state index contributed by atoms with van der Waals surface area (Å²) < 4.78 is 32.3. The number of carbonyl (C=O) groups is 1. The molecule has 7 nitrogen and oxygen atoms in total. The van der Waals surface area contributed by atoms with E-state index in [9.17, 15) is 13.2 Å². The number of aryl methyl sites for hydroxylation is 2. The molecule has 18 heavy (non-hydrogen) atoms. The number of nitrogens with zero attached hydrogens (tertiary/aromatic N) is 2. The zero-order valence-corrected chi connectivity index (χ0v) is 11.7. The van der Waals surface area contributed by atoms with Crippen molar-refractivity contribution in [3.05, 3.63) is 11.4 Å². The number of sulfonamides is 1. The summed E-state index contributed by atoms with van der Waals surface area (Å²) in [7, 11) is -2.55. The average Bonchev–Trinajstić information content (AvgIpc) is 2.61. The Morgan fingerprint density at radius 3 is 2.50 bits per heavy atom. The maximum atomic E-state index is 12.1. The lowest BCUT2D eigenvalue weighted by atomic mass is 10.4. The number of hydrogen-bond acceptors (Lipinski definition) is 5. The minimum Gasteiger partial charge on any atom is -0.468 e. The van der Waals surface area contributed by atoms with Gasteiger partial charge in [0.2, 0.25) is 10.0 Å². The standard InChI is InChI=1S/C10H17N3O4S/c1-5-13-8(3)10(7(2)12-13)18(15,16)11-6-9(14)17-4/h11H,5-6H2,1-4H3. The largest absolute Gasteiger partial charge is 0.468 e. The van der Waals surface area contributed by atoms with E-state index in [0.29, 0.717) is 17.9 Å². The SMILES string of the molecule is CCn1nc(C)c(S(=O)(=O)NCC(=O)OC)c1C. The van der Waals surface area contributed by atoms with E-state index in [1.165, 1.54) is 7.11 Å². The summed E-state index contributed by atoms with van der Waals surface area (Å²) in [4.78, 5) is 11.1.